The van der Waals surface area contributed by atoms with E-state index in [1.807, 2.05) is 36.4 Å². The van der Waals surface area contributed by atoms with Crippen LogP contribution in [-0.4, -0.2) is 17.8 Å². The number of hydrogen-bond acceptors (Lipinski definition) is 5. The van der Waals surface area contributed by atoms with Gasteiger partial charge in [0.15, 0.2) is 0 Å². The number of anilines is 4. The summed E-state index contributed by atoms with van der Waals surface area (Å²) in [6.45, 7) is 0. The van der Waals surface area contributed by atoms with Crippen molar-refractivity contribution in [1.29, 1.82) is 10.7 Å². The third-order valence-electron chi connectivity index (χ3n) is 4.29. The second-order valence-corrected chi connectivity index (χ2v) is 6.81. The number of carbonyl (C=O) groups is 1. The smallest absolute Gasteiger partial charge is 0.355 e. The Balaban J connectivity index is 1.84. The van der Waals surface area contributed by atoms with Crippen LogP contribution >= 0.6 is 0 Å². The van der Waals surface area contributed by atoms with Gasteiger partial charge in [-0.3, -0.25) is 10.2 Å². The van der Waals surface area contributed by atoms with Crippen LogP contribution < -0.4 is 16.0 Å². The lowest BCUT2D eigenvalue weighted by molar-refractivity contribution is -0.112. The number of nitrogens with zero attached hydrogens (tertiary/aromatic N) is 1. The zero-order valence-electron chi connectivity index (χ0n) is 17.1. The van der Waals surface area contributed by atoms with Crippen LogP contribution in [0.5, 0.6) is 0 Å². The molecule has 3 aromatic carbocycles. The number of alkyl halides is 3. The molecule has 0 saturated heterocycles. The van der Waals surface area contributed by atoms with Crippen LogP contribution in [0.3, 0.4) is 0 Å². The fraction of sp³-hybridized carbons (Fsp3) is 0.0417. The van der Waals surface area contributed by atoms with Gasteiger partial charge in [0.25, 0.3) is 5.91 Å². The molecule has 166 valence electrons. The van der Waals surface area contributed by atoms with E-state index in [1.165, 1.54) is 24.3 Å². The third-order valence-corrected chi connectivity index (χ3v) is 4.29. The predicted octanol–water partition coefficient (Wildman–Crippen LogP) is 5.82. The van der Waals surface area contributed by atoms with Crippen LogP contribution in [0.4, 0.5) is 35.9 Å². The van der Waals surface area contributed by atoms with Gasteiger partial charge < -0.3 is 16.0 Å². The number of carbonyl (C=O) groups excluding carboxylic acids is 1. The maximum atomic E-state index is 12.9. The normalized spacial score (nSPS) is 11.3. The summed E-state index contributed by atoms with van der Waals surface area (Å²) in [5.41, 5.74) is 0.0830. The standard InChI is InChI=1S/C24H18F3N5O/c25-24(26,27)22(29)14-21(31-18-9-4-6-16(12-18)15-28)23(33)32-20-11-5-10-19(13-20)30-17-7-2-1-3-8-17/h1-14,29-31H,(H,32,33)/b21-14-,29-22?. The first-order valence-corrected chi connectivity index (χ1v) is 9.63. The van der Waals surface area contributed by atoms with Gasteiger partial charge in [0.2, 0.25) is 0 Å². The van der Waals surface area contributed by atoms with Crippen LogP contribution in [-0.2, 0) is 4.79 Å². The van der Waals surface area contributed by atoms with E-state index < -0.39 is 23.5 Å². The summed E-state index contributed by atoms with van der Waals surface area (Å²) in [7, 11) is 0. The van der Waals surface area contributed by atoms with Crippen molar-refractivity contribution in [1.82, 2.24) is 0 Å². The Kier molecular flexibility index (Phi) is 7.10. The number of benzene rings is 3. The lowest BCUT2D eigenvalue weighted by Crippen LogP contribution is -2.25. The number of nitrogens with one attached hydrogen (secondary N) is 4. The highest BCUT2D eigenvalue weighted by Crippen LogP contribution is 2.22. The second-order valence-electron chi connectivity index (χ2n) is 6.81. The first-order valence-electron chi connectivity index (χ1n) is 9.63. The molecule has 1 amide bonds. The fourth-order valence-electron chi connectivity index (χ4n) is 2.77. The number of hydrogen-bond donors (Lipinski definition) is 4. The molecule has 4 N–H and O–H groups in total. The third kappa shape index (κ3) is 6.70. The minimum atomic E-state index is -4.93. The Morgan fingerprint density at radius 1 is 0.848 bits per heavy atom. The Morgan fingerprint density at radius 3 is 2.12 bits per heavy atom. The second kappa shape index (κ2) is 10.2. The highest BCUT2D eigenvalue weighted by atomic mass is 19.4. The van der Waals surface area contributed by atoms with Crippen molar-refractivity contribution >= 4 is 34.4 Å². The number of para-hydroxylation sites is 1. The molecule has 0 heterocycles. The van der Waals surface area contributed by atoms with Gasteiger partial charge in [-0.1, -0.05) is 30.3 Å². The first-order chi connectivity index (χ1) is 15.7. The number of rotatable bonds is 7. The van der Waals surface area contributed by atoms with Gasteiger partial charge >= 0.3 is 6.18 Å². The largest absolute Gasteiger partial charge is 0.432 e. The number of amides is 1. The molecule has 0 aromatic heterocycles. The number of nitriles is 1. The molecule has 0 unspecified atom stereocenters. The molecule has 0 aliphatic carbocycles. The Hall–Kier alpha value is -4.58. The van der Waals surface area contributed by atoms with E-state index in [1.54, 1.807) is 24.3 Å². The Labute approximate surface area is 187 Å². The molecule has 33 heavy (non-hydrogen) atoms. The van der Waals surface area contributed by atoms with E-state index in [0.29, 0.717) is 17.5 Å². The maximum absolute atomic E-state index is 12.9. The van der Waals surface area contributed by atoms with Gasteiger partial charge in [0, 0.05) is 22.7 Å². The van der Waals surface area contributed by atoms with Crippen molar-refractivity contribution in [2.45, 2.75) is 6.18 Å². The van der Waals surface area contributed by atoms with Crippen molar-refractivity contribution in [3.8, 4) is 6.07 Å². The predicted molar refractivity (Wildman–Crippen MR) is 121 cm³/mol. The summed E-state index contributed by atoms with van der Waals surface area (Å²) in [4.78, 5) is 12.8. The van der Waals surface area contributed by atoms with Crippen LogP contribution in [0.2, 0.25) is 0 Å². The molecule has 0 radical (unpaired) electrons. The molecule has 0 saturated carbocycles. The zero-order valence-corrected chi connectivity index (χ0v) is 17.1. The average Bonchev–Trinajstić information content (AvgIpc) is 2.79. The first kappa shape index (κ1) is 23.1. The van der Waals surface area contributed by atoms with Crippen LogP contribution in [0, 0.1) is 16.7 Å². The SMILES string of the molecule is N#Cc1cccc(N/C(=C\C(=N)C(F)(F)F)C(=O)Nc2cccc(Nc3ccccc3)c2)c1. The molecule has 6 nitrogen and oxygen atoms in total. The Bertz CT molecular complexity index is 1230. The summed E-state index contributed by atoms with van der Waals surface area (Å²) in [6, 6.07) is 23.7. The molecule has 0 bridgehead atoms. The van der Waals surface area contributed by atoms with Crippen LogP contribution in [0.15, 0.2) is 90.6 Å². The van der Waals surface area contributed by atoms with E-state index in [4.69, 9.17) is 10.7 Å². The quantitative estimate of drug-likeness (QED) is 0.270. The molecular formula is C24H18F3N5O. The van der Waals surface area contributed by atoms with E-state index in [9.17, 15) is 18.0 Å². The summed E-state index contributed by atoms with van der Waals surface area (Å²) in [6.07, 6.45) is -4.53. The maximum Gasteiger partial charge on any atom is 0.432 e. The van der Waals surface area contributed by atoms with Crippen molar-refractivity contribution in [3.05, 3.63) is 96.2 Å². The van der Waals surface area contributed by atoms with E-state index in [2.05, 4.69) is 16.0 Å². The molecule has 0 atom stereocenters. The van der Waals surface area contributed by atoms with Crippen molar-refractivity contribution in [2.75, 3.05) is 16.0 Å². The lowest BCUT2D eigenvalue weighted by atomic mass is 10.2. The molecule has 0 spiro atoms. The van der Waals surface area contributed by atoms with Gasteiger partial charge in [0.05, 0.1) is 11.6 Å². The minimum Gasteiger partial charge on any atom is -0.355 e. The summed E-state index contributed by atoms with van der Waals surface area (Å²) < 4.78 is 38.8. The van der Waals surface area contributed by atoms with Crippen molar-refractivity contribution in [3.63, 3.8) is 0 Å². The van der Waals surface area contributed by atoms with E-state index >= 15 is 0 Å². The van der Waals surface area contributed by atoms with Crippen molar-refractivity contribution in [2.24, 2.45) is 0 Å². The van der Waals surface area contributed by atoms with E-state index in [0.717, 1.165) is 5.69 Å². The highest BCUT2D eigenvalue weighted by molar-refractivity contribution is 6.11. The van der Waals surface area contributed by atoms with Crippen molar-refractivity contribution < 1.29 is 18.0 Å². The summed E-state index contributed by atoms with van der Waals surface area (Å²) in [5, 5.41) is 24.6. The van der Waals surface area contributed by atoms with Gasteiger partial charge in [-0.15, -0.1) is 0 Å². The minimum absolute atomic E-state index is 0.227. The van der Waals surface area contributed by atoms with Gasteiger partial charge in [-0.05, 0) is 54.6 Å². The van der Waals surface area contributed by atoms with E-state index in [-0.39, 0.29) is 11.3 Å². The monoisotopic (exact) mass is 449 g/mol. The summed E-state index contributed by atoms with van der Waals surface area (Å²) >= 11 is 0. The number of allylic oxidation sites excluding steroid dienone is 1. The molecule has 0 aliphatic heterocycles. The molecule has 0 aliphatic rings. The lowest BCUT2D eigenvalue weighted by Gasteiger charge is -2.14. The molecule has 0 fully saturated rings. The number of halogens is 3. The van der Waals surface area contributed by atoms with Gasteiger partial charge in [-0.2, -0.15) is 18.4 Å². The topological polar surface area (TPSA) is 101 Å². The fourth-order valence-corrected chi connectivity index (χ4v) is 2.77. The molecule has 3 aromatic rings. The zero-order chi connectivity index (χ0) is 23.8. The molecule has 3 rings (SSSR count). The van der Waals surface area contributed by atoms with Gasteiger partial charge in [-0.25, -0.2) is 0 Å². The van der Waals surface area contributed by atoms with Crippen LogP contribution in [0.1, 0.15) is 5.56 Å². The molecule has 9 heteroatoms. The molecular weight excluding hydrogens is 431 g/mol. The van der Waals surface area contributed by atoms with Gasteiger partial charge in [0.1, 0.15) is 11.4 Å². The van der Waals surface area contributed by atoms with Crippen LogP contribution in [0.25, 0.3) is 0 Å². The average molecular weight is 449 g/mol. The summed E-state index contributed by atoms with van der Waals surface area (Å²) in [5.74, 6) is -0.886. The highest BCUT2D eigenvalue weighted by Gasteiger charge is 2.33. The Morgan fingerprint density at radius 2 is 1.45 bits per heavy atom.